The van der Waals surface area contributed by atoms with E-state index in [9.17, 15) is 4.79 Å². The molecule has 82 valence electrons. The van der Waals surface area contributed by atoms with Crippen LogP contribution in [-0.2, 0) is 0 Å². The van der Waals surface area contributed by atoms with E-state index in [1.54, 1.807) is 12.1 Å². The van der Waals surface area contributed by atoms with Gasteiger partial charge in [0.25, 0.3) is 5.91 Å². The molecule has 0 aliphatic rings. The van der Waals surface area contributed by atoms with Crippen LogP contribution in [0.4, 0.5) is 5.82 Å². The van der Waals surface area contributed by atoms with Gasteiger partial charge in [0.05, 0.1) is 5.56 Å². The first-order valence-electron chi connectivity index (χ1n) is 4.81. The normalized spacial score (nSPS) is 10.0. The van der Waals surface area contributed by atoms with Gasteiger partial charge in [0.15, 0.2) is 0 Å². The zero-order valence-corrected chi connectivity index (χ0v) is 9.00. The summed E-state index contributed by atoms with van der Waals surface area (Å²) in [5.41, 5.74) is 6.52. The molecule has 0 aliphatic heterocycles. The van der Waals surface area contributed by atoms with E-state index in [4.69, 9.17) is 5.73 Å². The number of aromatic nitrogens is 1. The second kappa shape index (κ2) is 5.31. The van der Waals surface area contributed by atoms with E-state index >= 15 is 0 Å². The SMILES string of the molecule is CNCCNc1nc(C)ccc1C(N)=O. The smallest absolute Gasteiger partial charge is 0.252 e. The number of nitrogens with zero attached hydrogens (tertiary/aromatic N) is 1. The van der Waals surface area contributed by atoms with Crippen molar-refractivity contribution in [1.29, 1.82) is 0 Å². The fraction of sp³-hybridized carbons (Fsp3) is 0.400. The first kappa shape index (κ1) is 11.5. The molecule has 5 nitrogen and oxygen atoms in total. The Morgan fingerprint density at radius 2 is 2.20 bits per heavy atom. The van der Waals surface area contributed by atoms with Gasteiger partial charge in [-0.1, -0.05) is 0 Å². The molecule has 0 saturated heterocycles. The number of aryl methyl sites for hydroxylation is 1. The van der Waals surface area contributed by atoms with Crippen LogP contribution in [-0.4, -0.2) is 31.0 Å². The molecule has 0 saturated carbocycles. The Morgan fingerprint density at radius 3 is 2.80 bits per heavy atom. The molecule has 1 aromatic rings. The number of pyridine rings is 1. The van der Waals surface area contributed by atoms with Crippen LogP contribution in [0, 0.1) is 6.92 Å². The maximum Gasteiger partial charge on any atom is 0.252 e. The van der Waals surface area contributed by atoms with Gasteiger partial charge in [0, 0.05) is 18.8 Å². The molecule has 1 amide bonds. The lowest BCUT2D eigenvalue weighted by atomic mass is 10.2. The zero-order valence-electron chi connectivity index (χ0n) is 9.00. The van der Waals surface area contributed by atoms with E-state index in [-0.39, 0.29) is 0 Å². The molecule has 0 radical (unpaired) electrons. The maximum absolute atomic E-state index is 11.1. The Labute approximate surface area is 89.1 Å². The molecule has 0 atom stereocenters. The van der Waals surface area contributed by atoms with Gasteiger partial charge < -0.3 is 16.4 Å². The number of likely N-dealkylation sites (N-methyl/N-ethyl adjacent to an activating group) is 1. The van der Waals surface area contributed by atoms with Crippen LogP contribution in [0.25, 0.3) is 0 Å². The summed E-state index contributed by atoms with van der Waals surface area (Å²) >= 11 is 0. The highest BCUT2D eigenvalue weighted by Gasteiger charge is 2.08. The van der Waals surface area contributed by atoms with Crippen molar-refractivity contribution in [2.45, 2.75) is 6.92 Å². The second-order valence-corrected chi connectivity index (χ2v) is 3.24. The highest BCUT2D eigenvalue weighted by molar-refractivity contribution is 5.97. The summed E-state index contributed by atoms with van der Waals surface area (Å²) in [7, 11) is 1.86. The number of anilines is 1. The van der Waals surface area contributed by atoms with E-state index in [2.05, 4.69) is 15.6 Å². The predicted octanol–water partition coefficient (Wildman–Crippen LogP) is 0.120. The highest BCUT2D eigenvalue weighted by Crippen LogP contribution is 2.12. The Bertz CT molecular complexity index is 351. The van der Waals surface area contributed by atoms with Gasteiger partial charge in [0.2, 0.25) is 0 Å². The van der Waals surface area contributed by atoms with Gasteiger partial charge in [-0.2, -0.15) is 0 Å². The third-order valence-corrected chi connectivity index (χ3v) is 1.97. The number of amides is 1. The van der Waals surface area contributed by atoms with Crippen LogP contribution in [0.2, 0.25) is 0 Å². The van der Waals surface area contributed by atoms with E-state index < -0.39 is 5.91 Å². The summed E-state index contributed by atoms with van der Waals surface area (Å²) in [6.45, 7) is 3.37. The van der Waals surface area contributed by atoms with Crippen molar-refractivity contribution in [3.63, 3.8) is 0 Å². The molecule has 1 heterocycles. The van der Waals surface area contributed by atoms with Crippen molar-refractivity contribution in [2.24, 2.45) is 5.73 Å². The lowest BCUT2D eigenvalue weighted by Crippen LogP contribution is -2.21. The van der Waals surface area contributed by atoms with E-state index in [0.717, 1.165) is 12.2 Å². The molecule has 1 rings (SSSR count). The molecular weight excluding hydrogens is 192 g/mol. The second-order valence-electron chi connectivity index (χ2n) is 3.24. The fourth-order valence-corrected chi connectivity index (χ4v) is 1.20. The number of hydrogen-bond acceptors (Lipinski definition) is 4. The van der Waals surface area contributed by atoms with Crippen LogP contribution < -0.4 is 16.4 Å². The summed E-state index contributed by atoms with van der Waals surface area (Å²) in [6.07, 6.45) is 0. The monoisotopic (exact) mass is 208 g/mol. The molecule has 15 heavy (non-hydrogen) atoms. The zero-order chi connectivity index (χ0) is 11.3. The van der Waals surface area contributed by atoms with E-state index in [1.807, 2.05) is 14.0 Å². The van der Waals surface area contributed by atoms with Crippen molar-refractivity contribution in [3.8, 4) is 0 Å². The minimum absolute atomic E-state index is 0.428. The Morgan fingerprint density at radius 1 is 1.47 bits per heavy atom. The molecule has 5 heteroatoms. The minimum atomic E-state index is -0.463. The Kier molecular flexibility index (Phi) is 4.05. The van der Waals surface area contributed by atoms with Gasteiger partial charge in [-0.3, -0.25) is 4.79 Å². The van der Waals surface area contributed by atoms with Gasteiger partial charge >= 0.3 is 0 Å². The number of carbonyl (C=O) groups excluding carboxylic acids is 1. The van der Waals surface area contributed by atoms with Gasteiger partial charge in [-0.25, -0.2) is 4.98 Å². The van der Waals surface area contributed by atoms with Crippen molar-refractivity contribution in [1.82, 2.24) is 10.3 Å². The number of nitrogens with one attached hydrogen (secondary N) is 2. The van der Waals surface area contributed by atoms with Crippen LogP contribution in [0.15, 0.2) is 12.1 Å². The van der Waals surface area contributed by atoms with Crippen molar-refractivity contribution in [2.75, 3.05) is 25.5 Å². The first-order chi connectivity index (χ1) is 7.15. The number of nitrogens with two attached hydrogens (primary N) is 1. The maximum atomic E-state index is 11.1. The van der Waals surface area contributed by atoms with E-state index in [0.29, 0.717) is 17.9 Å². The van der Waals surface area contributed by atoms with Crippen molar-refractivity contribution < 1.29 is 4.79 Å². The largest absolute Gasteiger partial charge is 0.368 e. The summed E-state index contributed by atoms with van der Waals surface area (Å²) in [6, 6.07) is 3.45. The average molecular weight is 208 g/mol. The Hall–Kier alpha value is -1.62. The lowest BCUT2D eigenvalue weighted by molar-refractivity contribution is 0.100. The van der Waals surface area contributed by atoms with Gasteiger partial charge in [0.1, 0.15) is 5.82 Å². The number of hydrogen-bond donors (Lipinski definition) is 3. The summed E-state index contributed by atoms with van der Waals surface area (Å²) in [4.78, 5) is 15.3. The highest BCUT2D eigenvalue weighted by atomic mass is 16.1. The molecule has 0 unspecified atom stereocenters. The van der Waals surface area contributed by atoms with Crippen LogP contribution in [0.1, 0.15) is 16.1 Å². The predicted molar refractivity (Wildman–Crippen MR) is 59.9 cm³/mol. The lowest BCUT2D eigenvalue weighted by Gasteiger charge is -2.09. The number of rotatable bonds is 5. The fourth-order valence-electron chi connectivity index (χ4n) is 1.20. The molecule has 4 N–H and O–H groups in total. The van der Waals surface area contributed by atoms with Crippen molar-refractivity contribution in [3.05, 3.63) is 23.4 Å². The number of primary amides is 1. The molecule has 0 spiro atoms. The summed E-state index contributed by atoms with van der Waals surface area (Å²) in [5.74, 6) is 0.0900. The Balaban J connectivity index is 2.82. The van der Waals surface area contributed by atoms with Crippen LogP contribution >= 0.6 is 0 Å². The minimum Gasteiger partial charge on any atom is -0.368 e. The topological polar surface area (TPSA) is 80.0 Å². The average Bonchev–Trinajstić information content (AvgIpc) is 2.18. The molecular formula is C10H16N4O. The summed E-state index contributed by atoms with van der Waals surface area (Å²) in [5, 5.41) is 6.06. The van der Waals surface area contributed by atoms with Crippen LogP contribution in [0.5, 0.6) is 0 Å². The molecule has 0 aromatic carbocycles. The van der Waals surface area contributed by atoms with Gasteiger partial charge in [-0.05, 0) is 26.1 Å². The summed E-state index contributed by atoms with van der Waals surface area (Å²) < 4.78 is 0. The van der Waals surface area contributed by atoms with Crippen molar-refractivity contribution >= 4 is 11.7 Å². The van der Waals surface area contributed by atoms with Gasteiger partial charge in [-0.15, -0.1) is 0 Å². The van der Waals surface area contributed by atoms with Crippen LogP contribution in [0.3, 0.4) is 0 Å². The molecule has 1 aromatic heterocycles. The quantitative estimate of drug-likeness (QED) is 0.600. The molecule has 0 fully saturated rings. The third kappa shape index (κ3) is 3.21. The standard InChI is InChI=1S/C10H16N4O/c1-7-3-4-8(9(11)15)10(14-7)13-6-5-12-2/h3-4,12H,5-6H2,1-2H3,(H2,11,15)(H,13,14). The van der Waals surface area contributed by atoms with E-state index in [1.165, 1.54) is 0 Å². The third-order valence-electron chi connectivity index (χ3n) is 1.97. The number of carbonyl (C=O) groups is 1. The molecule has 0 bridgehead atoms. The molecule has 0 aliphatic carbocycles. The first-order valence-corrected chi connectivity index (χ1v) is 4.81.